The molecular formula is C16H21N3. The van der Waals surface area contributed by atoms with Crippen LogP contribution in [-0.4, -0.2) is 23.5 Å². The minimum Gasteiger partial charge on any atom is -0.330 e. The first-order valence-corrected chi connectivity index (χ1v) is 6.65. The van der Waals surface area contributed by atoms with Gasteiger partial charge in [-0.25, -0.2) is 0 Å². The van der Waals surface area contributed by atoms with E-state index in [9.17, 15) is 0 Å². The highest BCUT2D eigenvalue weighted by molar-refractivity contribution is 5.17. The van der Waals surface area contributed by atoms with Gasteiger partial charge in [0.2, 0.25) is 0 Å². The average Bonchev–Trinajstić information content (AvgIpc) is 2.46. The van der Waals surface area contributed by atoms with E-state index < -0.39 is 0 Å². The van der Waals surface area contributed by atoms with E-state index in [0.29, 0.717) is 12.6 Å². The Bertz CT molecular complexity index is 470. The second-order valence-corrected chi connectivity index (χ2v) is 4.78. The van der Waals surface area contributed by atoms with E-state index in [4.69, 9.17) is 5.73 Å². The Morgan fingerprint density at radius 2 is 1.95 bits per heavy atom. The number of pyridine rings is 1. The van der Waals surface area contributed by atoms with Crippen molar-refractivity contribution in [1.29, 1.82) is 0 Å². The fourth-order valence-electron chi connectivity index (χ4n) is 2.35. The molecular weight excluding hydrogens is 234 g/mol. The molecule has 0 radical (unpaired) electrons. The minimum absolute atomic E-state index is 0.318. The highest BCUT2D eigenvalue weighted by atomic mass is 15.1. The number of benzene rings is 1. The molecule has 0 aliphatic heterocycles. The molecule has 2 rings (SSSR count). The van der Waals surface area contributed by atoms with Crippen molar-refractivity contribution in [3.63, 3.8) is 0 Å². The van der Waals surface area contributed by atoms with Crippen molar-refractivity contribution in [3.8, 4) is 0 Å². The summed E-state index contributed by atoms with van der Waals surface area (Å²) in [6.07, 6.45) is 4.68. The molecule has 0 fully saturated rings. The highest BCUT2D eigenvalue weighted by Crippen LogP contribution is 2.23. The van der Waals surface area contributed by atoms with Gasteiger partial charge in [0.25, 0.3) is 0 Å². The second kappa shape index (κ2) is 7.02. The van der Waals surface area contributed by atoms with Crippen LogP contribution in [0.3, 0.4) is 0 Å². The second-order valence-electron chi connectivity index (χ2n) is 4.78. The van der Waals surface area contributed by atoms with Gasteiger partial charge in [-0.3, -0.25) is 9.88 Å². The van der Waals surface area contributed by atoms with E-state index in [1.165, 1.54) is 11.1 Å². The van der Waals surface area contributed by atoms with Crippen LogP contribution in [0.1, 0.15) is 23.6 Å². The summed E-state index contributed by atoms with van der Waals surface area (Å²) in [5, 5.41) is 0. The smallest absolute Gasteiger partial charge is 0.0375 e. The zero-order chi connectivity index (χ0) is 13.5. The molecule has 0 saturated heterocycles. The zero-order valence-corrected chi connectivity index (χ0v) is 11.4. The van der Waals surface area contributed by atoms with Crippen molar-refractivity contribution in [2.75, 3.05) is 13.6 Å². The first kappa shape index (κ1) is 13.7. The maximum absolute atomic E-state index is 5.75. The first-order valence-electron chi connectivity index (χ1n) is 6.65. The van der Waals surface area contributed by atoms with Crippen molar-refractivity contribution in [2.45, 2.75) is 19.0 Å². The maximum Gasteiger partial charge on any atom is 0.0375 e. The number of rotatable bonds is 6. The van der Waals surface area contributed by atoms with Crippen LogP contribution in [0.5, 0.6) is 0 Å². The lowest BCUT2D eigenvalue weighted by Gasteiger charge is -2.28. The molecule has 0 spiro atoms. The summed E-state index contributed by atoms with van der Waals surface area (Å²) in [6.45, 7) is 1.60. The molecule has 1 aromatic heterocycles. The molecule has 3 heteroatoms. The van der Waals surface area contributed by atoms with Crippen LogP contribution in [0, 0.1) is 0 Å². The summed E-state index contributed by atoms with van der Waals surface area (Å²) in [7, 11) is 2.14. The first-order chi connectivity index (χ1) is 9.31. The number of hydrogen-bond donors (Lipinski definition) is 1. The van der Waals surface area contributed by atoms with Gasteiger partial charge in [0, 0.05) is 25.0 Å². The fraction of sp³-hybridized carbons (Fsp3) is 0.312. The van der Waals surface area contributed by atoms with E-state index in [2.05, 4.69) is 47.3 Å². The predicted octanol–water partition coefficient (Wildman–Crippen LogP) is 2.60. The van der Waals surface area contributed by atoms with Gasteiger partial charge in [-0.2, -0.15) is 0 Å². The molecule has 1 atom stereocenters. The molecule has 1 unspecified atom stereocenters. The van der Waals surface area contributed by atoms with Gasteiger partial charge in [0.15, 0.2) is 0 Å². The number of nitrogens with zero attached hydrogens (tertiary/aromatic N) is 2. The van der Waals surface area contributed by atoms with Gasteiger partial charge in [-0.1, -0.05) is 36.4 Å². The largest absolute Gasteiger partial charge is 0.330 e. The van der Waals surface area contributed by atoms with Gasteiger partial charge in [0.05, 0.1) is 0 Å². The quantitative estimate of drug-likeness (QED) is 0.862. The van der Waals surface area contributed by atoms with Crippen molar-refractivity contribution in [3.05, 3.63) is 66.0 Å². The third kappa shape index (κ3) is 3.88. The van der Waals surface area contributed by atoms with E-state index in [1.54, 1.807) is 6.20 Å². The molecule has 2 N–H and O–H groups in total. The highest BCUT2D eigenvalue weighted by Gasteiger charge is 2.16. The zero-order valence-electron chi connectivity index (χ0n) is 11.4. The molecule has 100 valence electrons. The van der Waals surface area contributed by atoms with Crippen molar-refractivity contribution in [2.24, 2.45) is 5.73 Å². The summed E-state index contributed by atoms with van der Waals surface area (Å²) >= 11 is 0. The fourth-order valence-corrected chi connectivity index (χ4v) is 2.35. The monoisotopic (exact) mass is 255 g/mol. The van der Waals surface area contributed by atoms with Crippen LogP contribution in [0.4, 0.5) is 0 Å². The summed E-state index contributed by atoms with van der Waals surface area (Å²) in [5.74, 6) is 0. The Hall–Kier alpha value is -1.71. The van der Waals surface area contributed by atoms with Crippen molar-refractivity contribution in [1.82, 2.24) is 9.88 Å². The third-order valence-corrected chi connectivity index (χ3v) is 3.32. The molecule has 0 saturated carbocycles. The molecule has 0 aliphatic carbocycles. The molecule has 0 aliphatic rings. The van der Waals surface area contributed by atoms with E-state index in [-0.39, 0.29) is 0 Å². The number of nitrogens with two attached hydrogens (primary N) is 1. The summed E-state index contributed by atoms with van der Waals surface area (Å²) in [5.41, 5.74) is 8.29. The van der Waals surface area contributed by atoms with Crippen LogP contribution >= 0.6 is 0 Å². The molecule has 2 aromatic rings. The maximum atomic E-state index is 5.75. The van der Waals surface area contributed by atoms with Crippen LogP contribution in [0.25, 0.3) is 0 Å². The standard InChI is InChI=1S/C16H21N3/c1-19(13-14-6-3-2-4-7-14)16(9-10-17)15-8-5-11-18-12-15/h2-8,11-12,16H,9-10,13,17H2,1H3. The van der Waals surface area contributed by atoms with Crippen LogP contribution in [0.2, 0.25) is 0 Å². The summed E-state index contributed by atoms with van der Waals surface area (Å²) in [6, 6.07) is 14.9. The third-order valence-electron chi connectivity index (χ3n) is 3.32. The SMILES string of the molecule is CN(Cc1ccccc1)C(CCN)c1cccnc1. The molecule has 1 heterocycles. The number of hydrogen-bond acceptors (Lipinski definition) is 3. The van der Waals surface area contributed by atoms with Crippen molar-refractivity contribution < 1.29 is 0 Å². The van der Waals surface area contributed by atoms with Gasteiger partial charge >= 0.3 is 0 Å². The normalized spacial score (nSPS) is 12.6. The molecule has 3 nitrogen and oxygen atoms in total. The van der Waals surface area contributed by atoms with Crippen LogP contribution < -0.4 is 5.73 Å². The number of aromatic nitrogens is 1. The van der Waals surface area contributed by atoms with E-state index in [1.807, 2.05) is 18.3 Å². The summed E-state index contributed by atoms with van der Waals surface area (Å²) in [4.78, 5) is 6.54. The Kier molecular flexibility index (Phi) is 5.07. The average molecular weight is 255 g/mol. The van der Waals surface area contributed by atoms with E-state index in [0.717, 1.165) is 13.0 Å². The van der Waals surface area contributed by atoms with E-state index >= 15 is 0 Å². The van der Waals surface area contributed by atoms with Gasteiger partial charge in [-0.05, 0) is 37.2 Å². The van der Waals surface area contributed by atoms with Crippen LogP contribution in [-0.2, 0) is 6.54 Å². The molecule has 0 bridgehead atoms. The lowest BCUT2D eigenvalue weighted by atomic mass is 10.0. The van der Waals surface area contributed by atoms with Crippen molar-refractivity contribution >= 4 is 0 Å². The van der Waals surface area contributed by atoms with Gasteiger partial charge in [-0.15, -0.1) is 0 Å². The Morgan fingerprint density at radius 1 is 1.16 bits per heavy atom. The van der Waals surface area contributed by atoms with Gasteiger partial charge < -0.3 is 5.73 Å². The Balaban J connectivity index is 2.11. The predicted molar refractivity (Wildman–Crippen MR) is 78.6 cm³/mol. The lowest BCUT2D eigenvalue weighted by molar-refractivity contribution is 0.226. The molecule has 1 aromatic carbocycles. The molecule has 19 heavy (non-hydrogen) atoms. The lowest BCUT2D eigenvalue weighted by Crippen LogP contribution is -2.26. The minimum atomic E-state index is 0.318. The van der Waals surface area contributed by atoms with Crippen LogP contribution in [0.15, 0.2) is 54.9 Å². The summed E-state index contributed by atoms with van der Waals surface area (Å²) < 4.78 is 0. The van der Waals surface area contributed by atoms with Gasteiger partial charge in [0.1, 0.15) is 0 Å². The molecule has 0 amide bonds. The topological polar surface area (TPSA) is 42.1 Å². The Morgan fingerprint density at radius 3 is 2.58 bits per heavy atom. The Labute approximate surface area is 115 Å².